The van der Waals surface area contributed by atoms with Crippen molar-refractivity contribution in [2.24, 2.45) is 0 Å². The Balaban J connectivity index is 1.93. The summed E-state index contributed by atoms with van der Waals surface area (Å²) in [6.07, 6.45) is 0. The zero-order valence-corrected chi connectivity index (χ0v) is 15.2. The topological polar surface area (TPSA) is 115 Å². The van der Waals surface area contributed by atoms with Crippen molar-refractivity contribution in [1.82, 2.24) is 4.98 Å². The molecule has 3 aromatic rings. The maximum atomic E-state index is 11.1. The minimum Gasteiger partial charge on any atom is -0.340 e. The number of pyridine rings is 1. The Morgan fingerprint density at radius 1 is 1.00 bits per heavy atom. The highest BCUT2D eigenvalue weighted by Crippen LogP contribution is 2.26. The van der Waals surface area contributed by atoms with E-state index in [0.29, 0.717) is 22.9 Å². The molecule has 0 bridgehead atoms. The first-order chi connectivity index (χ1) is 12.9. The first kappa shape index (κ1) is 18.4. The monoisotopic (exact) mass is 380 g/mol. The third kappa shape index (κ3) is 4.41. The molecule has 1 heterocycles. The lowest BCUT2D eigenvalue weighted by Gasteiger charge is -2.13. The number of rotatable bonds is 5. The lowest BCUT2D eigenvalue weighted by atomic mass is 10.1. The van der Waals surface area contributed by atoms with Gasteiger partial charge in [-0.25, -0.2) is 4.98 Å². The van der Waals surface area contributed by atoms with E-state index in [1.165, 1.54) is 24.3 Å². The van der Waals surface area contributed by atoms with E-state index >= 15 is 0 Å². The molecule has 0 amide bonds. The quantitative estimate of drug-likeness (QED) is 0.573. The number of benzene rings is 2. The summed E-state index contributed by atoms with van der Waals surface area (Å²) in [5.74, 6) is 0.908. The summed E-state index contributed by atoms with van der Waals surface area (Å²) in [4.78, 5) is 4.24. The molecule has 0 aliphatic heterocycles. The molecule has 0 aliphatic carbocycles. The summed E-state index contributed by atoms with van der Waals surface area (Å²) in [5.41, 5.74) is 2.51. The lowest BCUT2D eigenvalue weighted by Crippen LogP contribution is -2.03. The maximum absolute atomic E-state index is 11.1. The Bertz CT molecular complexity index is 1110. The van der Waals surface area contributed by atoms with E-state index in [1.807, 2.05) is 37.3 Å². The minimum atomic E-state index is -4.26. The van der Waals surface area contributed by atoms with Crippen LogP contribution in [-0.2, 0) is 10.1 Å². The highest BCUT2D eigenvalue weighted by Gasteiger charge is 2.12. The van der Waals surface area contributed by atoms with E-state index in [0.717, 1.165) is 11.3 Å². The molecule has 27 heavy (non-hydrogen) atoms. The van der Waals surface area contributed by atoms with E-state index in [9.17, 15) is 13.7 Å². The summed E-state index contributed by atoms with van der Waals surface area (Å²) in [7, 11) is -4.26. The average molecular weight is 380 g/mol. The normalized spacial score (nSPS) is 10.9. The number of hydrogen-bond donors (Lipinski definition) is 3. The van der Waals surface area contributed by atoms with E-state index in [4.69, 9.17) is 4.55 Å². The summed E-state index contributed by atoms with van der Waals surface area (Å²) in [6, 6.07) is 18.9. The Hall–Kier alpha value is -3.41. The molecule has 0 atom stereocenters. The third-order valence-corrected chi connectivity index (χ3v) is 4.66. The fraction of sp³-hybridized carbons (Fsp3) is 0.0526. The van der Waals surface area contributed by atoms with Crippen LogP contribution in [0.15, 0.2) is 65.6 Å². The lowest BCUT2D eigenvalue weighted by molar-refractivity contribution is 0.483. The van der Waals surface area contributed by atoms with Crippen molar-refractivity contribution in [3.63, 3.8) is 0 Å². The van der Waals surface area contributed by atoms with Crippen molar-refractivity contribution in [2.45, 2.75) is 11.8 Å². The van der Waals surface area contributed by atoms with Crippen LogP contribution >= 0.6 is 0 Å². The van der Waals surface area contributed by atoms with Crippen LogP contribution in [0.1, 0.15) is 11.1 Å². The zero-order chi connectivity index (χ0) is 19.4. The minimum absolute atomic E-state index is 0.211. The van der Waals surface area contributed by atoms with Gasteiger partial charge in [0.05, 0.1) is 10.5 Å². The van der Waals surface area contributed by atoms with Gasteiger partial charge in [-0.15, -0.1) is 0 Å². The fourth-order valence-corrected chi connectivity index (χ4v) is 2.96. The smallest absolute Gasteiger partial charge is 0.294 e. The molecular weight excluding hydrogens is 364 g/mol. The van der Waals surface area contributed by atoms with Crippen molar-refractivity contribution in [1.29, 1.82) is 5.26 Å². The van der Waals surface area contributed by atoms with Crippen LogP contribution in [0.25, 0.3) is 0 Å². The number of nitriles is 1. The van der Waals surface area contributed by atoms with Gasteiger partial charge in [0.25, 0.3) is 10.1 Å². The van der Waals surface area contributed by atoms with Crippen LogP contribution in [0.5, 0.6) is 0 Å². The van der Waals surface area contributed by atoms with E-state index < -0.39 is 10.1 Å². The van der Waals surface area contributed by atoms with Gasteiger partial charge in [-0.05, 0) is 55.0 Å². The number of nitrogens with one attached hydrogen (secondary N) is 2. The van der Waals surface area contributed by atoms with Gasteiger partial charge in [0.15, 0.2) is 5.82 Å². The summed E-state index contributed by atoms with van der Waals surface area (Å²) in [6.45, 7) is 1.81. The Morgan fingerprint density at radius 3 is 2.22 bits per heavy atom. The van der Waals surface area contributed by atoms with Crippen molar-refractivity contribution in [3.8, 4) is 6.07 Å². The maximum Gasteiger partial charge on any atom is 0.294 e. The number of para-hydroxylation sites is 1. The predicted octanol–water partition coefficient (Wildman–Crippen LogP) is 4.00. The van der Waals surface area contributed by atoms with Gasteiger partial charge in [-0.3, -0.25) is 4.55 Å². The van der Waals surface area contributed by atoms with Gasteiger partial charge in [0, 0.05) is 11.4 Å². The second kappa shape index (κ2) is 7.45. The molecule has 0 radical (unpaired) electrons. The molecule has 0 aliphatic rings. The van der Waals surface area contributed by atoms with Gasteiger partial charge in [0.1, 0.15) is 11.9 Å². The van der Waals surface area contributed by atoms with Crippen LogP contribution in [0, 0.1) is 18.3 Å². The number of hydrogen-bond acceptors (Lipinski definition) is 6. The van der Waals surface area contributed by atoms with E-state index in [-0.39, 0.29) is 4.90 Å². The van der Waals surface area contributed by atoms with Crippen LogP contribution in [0.4, 0.5) is 23.0 Å². The Labute approximate surface area is 157 Å². The van der Waals surface area contributed by atoms with Crippen molar-refractivity contribution >= 4 is 33.1 Å². The molecule has 1 aromatic heterocycles. The number of anilines is 4. The predicted molar refractivity (Wildman–Crippen MR) is 103 cm³/mol. The molecule has 3 N–H and O–H groups in total. The van der Waals surface area contributed by atoms with E-state index in [1.54, 1.807) is 6.07 Å². The number of nitrogens with zero attached hydrogens (tertiary/aromatic N) is 2. The summed E-state index contributed by atoms with van der Waals surface area (Å²) >= 11 is 0. The van der Waals surface area contributed by atoms with Crippen molar-refractivity contribution < 1.29 is 13.0 Å². The largest absolute Gasteiger partial charge is 0.340 e. The average Bonchev–Trinajstić information content (AvgIpc) is 2.62. The highest BCUT2D eigenvalue weighted by molar-refractivity contribution is 7.85. The fourth-order valence-electron chi connectivity index (χ4n) is 2.48. The van der Waals surface area contributed by atoms with Crippen LogP contribution in [0.2, 0.25) is 0 Å². The first-order valence-electron chi connectivity index (χ1n) is 7.95. The molecule has 0 saturated carbocycles. The molecule has 3 rings (SSSR count). The van der Waals surface area contributed by atoms with Crippen molar-refractivity contribution in [2.75, 3.05) is 10.6 Å². The van der Waals surface area contributed by atoms with Crippen LogP contribution < -0.4 is 10.6 Å². The molecule has 8 heteroatoms. The van der Waals surface area contributed by atoms with Gasteiger partial charge < -0.3 is 10.6 Å². The van der Waals surface area contributed by atoms with Gasteiger partial charge in [-0.2, -0.15) is 13.7 Å². The molecule has 0 fully saturated rings. The second-order valence-corrected chi connectivity index (χ2v) is 7.20. The van der Waals surface area contributed by atoms with E-state index in [2.05, 4.69) is 21.7 Å². The van der Waals surface area contributed by atoms with Gasteiger partial charge in [0.2, 0.25) is 0 Å². The summed E-state index contributed by atoms with van der Waals surface area (Å²) < 4.78 is 31.3. The third-order valence-electron chi connectivity index (χ3n) is 3.79. The number of aromatic nitrogens is 1. The Morgan fingerprint density at radius 2 is 1.63 bits per heavy atom. The first-order valence-corrected chi connectivity index (χ1v) is 9.39. The standard InChI is InChI=1S/C19H16N4O3S/c1-13-11-18(21-14-5-3-2-4-6-14)23-19(17(13)12-20)22-15-7-9-16(10-8-15)27(24,25)26/h2-11H,1H3,(H2,21,22,23)(H,24,25,26). The molecule has 7 nitrogen and oxygen atoms in total. The summed E-state index contributed by atoms with van der Waals surface area (Å²) in [5, 5.41) is 15.6. The van der Waals surface area contributed by atoms with Gasteiger partial charge in [-0.1, -0.05) is 18.2 Å². The van der Waals surface area contributed by atoms with Gasteiger partial charge >= 0.3 is 0 Å². The molecule has 0 unspecified atom stereocenters. The van der Waals surface area contributed by atoms with Crippen LogP contribution in [0.3, 0.4) is 0 Å². The zero-order valence-electron chi connectivity index (χ0n) is 14.3. The molecular formula is C19H16N4O3S. The molecule has 136 valence electrons. The van der Waals surface area contributed by atoms with Crippen molar-refractivity contribution in [3.05, 3.63) is 71.8 Å². The number of aryl methyl sites for hydroxylation is 1. The molecule has 0 spiro atoms. The molecule has 2 aromatic carbocycles. The second-order valence-electron chi connectivity index (χ2n) is 5.78. The Kier molecular flexibility index (Phi) is 5.07. The SMILES string of the molecule is Cc1cc(Nc2ccccc2)nc(Nc2ccc(S(=O)(=O)O)cc2)c1C#N. The highest BCUT2D eigenvalue weighted by atomic mass is 32.2. The van der Waals surface area contributed by atoms with Crippen LogP contribution in [-0.4, -0.2) is 18.0 Å². The molecule has 0 saturated heterocycles.